The standard InChI is InChI=1S/C14H16N6O2/c1-8(2)6-16-11-5-10(19-20-4-3-15-12(11)20)9-7-17-14(22)18-13(9)21/h3-5,7-8,16H,6H2,1-2H3,(H2,17,18,21,22). The van der Waals surface area contributed by atoms with Crippen molar-refractivity contribution in [2.45, 2.75) is 13.8 Å². The van der Waals surface area contributed by atoms with Crippen LogP contribution in [0.2, 0.25) is 0 Å². The van der Waals surface area contributed by atoms with Crippen LogP contribution in [0.25, 0.3) is 16.9 Å². The molecule has 3 N–H and O–H groups in total. The van der Waals surface area contributed by atoms with Gasteiger partial charge in [0, 0.05) is 25.1 Å². The monoisotopic (exact) mass is 300 g/mol. The predicted molar refractivity (Wildman–Crippen MR) is 83.0 cm³/mol. The van der Waals surface area contributed by atoms with Gasteiger partial charge in [0.2, 0.25) is 0 Å². The molecule has 0 spiro atoms. The molecule has 0 saturated carbocycles. The minimum atomic E-state index is -0.546. The average Bonchev–Trinajstić information content (AvgIpc) is 2.93. The van der Waals surface area contributed by atoms with Crippen molar-refractivity contribution in [3.05, 3.63) is 45.5 Å². The van der Waals surface area contributed by atoms with E-state index in [4.69, 9.17) is 0 Å². The minimum Gasteiger partial charge on any atom is -0.382 e. The first-order valence-corrected chi connectivity index (χ1v) is 6.95. The summed E-state index contributed by atoms with van der Waals surface area (Å²) in [6, 6.07) is 1.76. The third-order valence-corrected chi connectivity index (χ3v) is 3.16. The SMILES string of the molecule is CC(C)CNc1cc(-c2c[nH]c(=O)[nH]c2=O)nn2ccnc12. The summed E-state index contributed by atoms with van der Waals surface area (Å²) < 4.78 is 1.60. The summed E-state index contributed by atoms with van der Waals surface area (Å²) in [5.41, 5.74) is 1.19. The van der Waals surface area contributed by atoms with Crippen LogP contribution in [0.15, 0.2) is 34.2 Å². The van der Waals surface area contributed by atoms with Crippen molar-refractivity contribution < 1.29 is 0 Å². The van der Waals surface area contributed by atoms with Gasteiger partial charge in [-0.15, -0.1) is 0 Å². The molecule has 114 valence electrons. The Balaban J connectivity index is 2.14. The third-order valence-electron chi connectivity index (χ3n) is 3.16. The maximum Gasteiger partial charge on any atom is 0.325 e. The number of nitrogens with zero attached hydrogens (tertiary/aromatic N) is 3. The van der Waals surface area contributed by atoms with Gasteiger partial charge in [-0.3, -0.25) is 9.78 Å². The van der Waals surface area contributed by atoms with Crippen LogP contribution in [0, 0.1) is 5.92 Å². The Morgan fingerprint density at radius 3 is 2.91 bits per heavy atom. The highest BCUT2D eigenvalue weighted by Crippen LogP contribution is 2.21. The number of imidazole rings is 1. The van der Waals surface area contributed by atoms with Gasteiger partial charge in [0.1, 0.15) is 5.69 Å². The number of rotatable bonds is 4. The maximum atomic E-state index is 11.9. The summed E-state index contributed by atoms with van der Waals surface area (Å²) in [5.74, 6) is 0.461. The van der Waals surface area contributed by atoms with Crippen LogP contribution in [0.4, 0.5) is 5.69 Å². The van der Waals surface area contributed by atoms with Crippen molar-refractivity contribution in [3.8, 4) is 11.3 Å². The number of anilines is 1. The topological polar surface area (TPSA) is 108 Å². The molecule has 3 aromatic heterocycles. The number of hydrogen-bond donors (Lipinski definition) is 3. The first-order valence-electron chi connectivity index (χ1n) is 6.95. The predicted octanol–water partition coefficient (Wildman–Crippen LogP) is 0.841. The number of aromatic amines is 2. The lowest BCUT2D eigenvalue weighted by Crippen LogP contribution is -2.23. The number of nitrogens with one attached hydrogen (secondary N) is 3. The number of fused-ring (bicyclic) bond motifs is 1. The first kappa shape index (κ1) is 14.1. The Labute approximate surface area is 125 Å². The smallest absolute Gasteiger partial charge is 0.325 e. The second-order valence-corrected chi connectivity index (χ2v) is 5.40. The molecule has 0 aliphatic carbocycles. The molecule has 0 radical (unpaired) electrons. The van der Waals surface area contributed by atoms with Crippen molar-refractivity contribution >= 4 is 11.3 Å². The quantitative estimate of drug-likeness (QED) is 0.661. The fraction of sp³-hybridized carbons (Fsp3) is 0.286. The highest BCUT2D eigenvalue weighted by Gasteiger charge is 2.12. The molecule has 8 nitrogen and oxygen atoms in total. The van der Waals surface area contributed by atoms with E-state index in [-0.39, 0.29) is 0 Å². The second-order valence-electron chi connectivity index (χ2n) is 5.40. The highest BCUT2D eigenvalue weighted by atomic mass is 16.2. The summed E-state index contributed by atoms with van der Waals surface area (Å²) in [6.07, 6.45) is 4.71. The van der Waals surface area contributed by atoms with E-state index in [1.54, 1.807) is 23.0 Å². The largest absolute Gasteiger partial charge is 0.382 e. The number of H-pyrrole nitrogens is 2. The Hall–Kier alpha value is -2.90. The van der Waals surface area contributed by atoms with E-state index in [0.717, 1.165) is 12.2 Å². The lowest BCUT2D eigenvalue weighted by atomic mass is 10.2. The molecule has 0 unspecified atom stereocenters. The van der Waals surface area contributed by atoms with Crippen LogP contribution in [0.1, 0.15) is 13.8 Å². The van der Waals surface area contributed by atoms with Crippen LogP contribution >= 0.6 is 0 Å². The van der Waals surface area contributed by atoms with Crippen LogP contribution < -0.4 is 16.6 Å². The molecule has 22 heavy (non-hydrogen) atoms. The number of hydrogen-bond acceptors (Lipinski definition) is 5. The molecule has 3 heterocycles. The summed E-state index contributed by atoms with van der Waals surface area (Å²) >= 11 is 0. The van der Waals surface area contributed by atoms with Crippen molar-refractivity contribution in [1.82, 2.24) is 24.6 Å². The summed E-state index contributed by atoms with van der Waals surface area (Å²) in [7, 11) is 0. The van der Waals surface area contributed by atoms with Crippen molar-refractivity contribution in [3.63, 3.8) is 0 Å². The van der Waals surface area contributed by atoms with Crippen LogP contribution in [-0.2, 0) is 0 Å². The van der Waals surface area contributed by atoms with Gasteiger partial charge >= 0.3 is 5.69 Å². The van der Waals surface area contributed by atoms with E-state index in [9.17, 15) is 9.59 Å². The van der Waals surface area contributed by atoms with Gasteiger partial charge in [0.15, 0.2) is 5.65 Å². The zero-order valence-corrected chi connectivity index (χ0v) is 12.3. The van der Waals surface area contributed by atoms with Gasteiger partial charge in [-0.1, -0.05) is 13.8 Å². The van der Waals surface area contributed by atoms with E-state index >= 15 is 0 Å². The molecule has 8 heteroatoms. The summed E-state index contributed by atoms with van der Waals surface area (Å²) in [5, 5.41) is 7.66. The summed E-state index contributed by atoms with van der Waals surface area (Å²) in [6.45, 7) is 4.98. The lowest BCUT2D eigenvalue weighted by molar-refractivity contribution is 0.688. The Morgan fingerprint density at radius 1 is 1.36 bits per heavy atom. The molecule has 0 bridgehead atoms. The zero-order chi connectivity index (χ0) is 15.7. The van der Waals surface area contributed by atoms with E-state index in [2.05, 4.69) is 39.2 Å². The third kappa shape index (κ3) is 2.62. The van der Waals surface area contributed by atoms with Crippen LogP contribution in [-0.4, -0.2) is 31.1 Å². The van der Waals surface area contributed by atoms with Gasteiger partial charge < -0.3 is 10.3 Å². The molecule has 0 fully saturated rings. The molecular weight excluding hydrogens is 284 g/mol. The minimum absolute atomic E-state index is 0.294. The fourth-order valence-corrected chi connectivity index (χ4v) is 2.09. The summed E-state index contributed by atoms with van der Waals surface area (Å²) in [4.78, 5) is 32.0. The molecule has 0 saturated heterocycles. The lowest BCUT2D eigenvalue weighted by Gasteiger charge is -2.11. The van der Waals surface area contributed by atoms with Gasteiger partial charge in [0.05, 0.1) is 11.3 Å². The Morgan fingerprint density at radius 2 is 2.18 bits per heavy atom. The van der Waals surface area contributed by atoms with Crippen LogP contribution in [0.3, 0.4) is 0 Å². The molecule has 3 rings (SSSR count). The Bertz CT molecular complexity index is 921. The molecule has 0 aliphatic heterocycles. The number of aromatic nitrogens is 5. The normalized spacial score (nSPS) is 11.2. The molecule has 0 amide bonds. The van der Waals surface area contributed by atoms with Crippen molar-refractivity contribution in [1.29, 1.82) is 0 Å². The van der Waals surface area contributed by atoms with E-state index in [1.165, 1.54) is 6.20 Å². The first-order chi connectivity index (χ1) is 10.5. The van der Waals surface area contributed by atoms with Gasteiger partial charge in [-0.25, -0.2) is 14.3 Å². The van der Waals surface area contributed by atoms with Gasteiger partial charge in [-0.05, 0) is 12.0 Å². The molecule has 0 atom stereocenters. The molecule has 0 aliphatic rings. The van der Waals surface area contributed by atoms with Crippen molar-refractivity contribution in [2.75, 3.05) is 11.9 Å². The van der Waals surface area contributed by atoms with Crippen molar-refractivity contribution in [2.24, 2.45) is 5.92 Å². The second kappa shape index (κ2) is 5.47. The van der Waals surface area contributed by atoms with Gasteiger partial charge in [-0.2, -0.15) is 5.10 Å². The van der Waals surface area contributed by atoms with Gasteiger partial charge in [0.25, 0.3) is 5.56 Å². The molecule has 0 aromatic carbocycles. The average molecular weight is 300 g/mol. The highest BCUT2D eigenvalue weighted by molar-refractivity contribution is 5.73. The van der Waals surface area contributed by atoms with E-state index in [0.29, 0.717) is 22.8 Å². The Kier molecular flexibility index (Phi) is 3.50. The van der Waals surface area contributed by atoms with Crippen LogP contribution in [0.5, 0.6) is 0 Å². The van der Waals surface area contributed by atoms with E-state index < -0.39 is 11.2 Å². The molecule has 3 aromatic rings. The molecular formula is C14H16N6O2. The van der Waals surface area contributed by atoms with E-state index in [1.807, 2.05) is 0 Å². The zero-order valence-electron chi connectivity index (χ0n) is 12.3. The fourth-order valence-electron chi connectivity index (χ4n) is 2.09. The maximum absolute atomic E-state index is 11.9.